The van der Waals surface area contributed by atoms with Gasteiger partial charge in [-0.2, -0.15) is 0 Å². The Kier molecular flexibility index (Phi) is 1.63. The molecule has 1 saturated carbocycles. The van der Waals surface area contributed by atoms with Crippen molar-refractivity contribution in [1.82, 2.24) is 0 Å². The van der Waals surface area contributed by atoms with Gasteiger partial charge in [0, 0.05) is 14.5 Å². The number of ketones is 1. The highest BCUT2D eigenvalue weighted by atomic mass is 16.3. The van der Waals surface area contributed by atoms with E-state index >= 15 is 0 Å². The smallest absolute Gasteiger partial charge is 0.139 e. The van der Waals surface area contributed by atoms with E-state index in [1.807, 2.05) is 13.0 Å². The van der Waals surface area contributed by atoms with E-state index in [1.54, 1.807) is 12.1 Å². The summed E-state index contributed by atoms with van der Waals surface area (Å²) in [4.78, 5) is 12.5. The lowest BCUT2D eigenvalue weighted by atomic mass is 9.66. The van der Waals surface area contributed by atoms with Gasteiger partial charge >= 0.3 is 0 Å². The van der Waals surface area contributed by atoms with E-state index in [0.717, 1.165) is 16.5 Å². The first-order valence-corrected chi connectivity index (χ1v) is 6.96. The Morgan fingerprint density at radius 2 is 2.30 bits per heavy atom. The molecule has 0 amide bonds. The fourth-order valence-electron chi connectivity index (χ4n) is 3.77. The molecule has 0 aromatic heterocycles. The highest BCUT2D eigenvalue weighted by Gasteiger charge is 2.49. The summed E-state index contributed by atoms with van der Waals surface area (Å²) in [6.07, 6.45) is -0.429. The van der Waals surface area contributed by atoms with Crippen LogP contribution < -0.4 is 0 Å². The van der Waals surface area contributed by atoms with Crippen molar-refractivity contribution in [2.75, 3.05) is 0 Å². The fraction of sp³-hybridized carbons (Fsp3) is 0.389. The number of fused-ring (bicyclic) bond motifs is 5. The van der Waals surface area contributed by atoms with E-state index in [2.05, 4.69) is 0 Å². The van der Waals surface area contributed by atoms with Crippen LogP contribution in [0.1, 0.15) is 48.7 Å². The number of carbonyl (C=O) groups is 1. The number of Topliss-reactive ketones (excluding diaryl/α,β-unsaturated/α-hetero) is 1. The number of phenols is 1. The SMILES string of the molecule is [2H]c1cc2c3c(ccc2c([2H])c1O)[C@@H]1CC([2H])([2H])C(=O)[C@@]1(C)CC3. The molecule has 20 heavy (non-hydrogen) atoms. The molecule has 1 fully saturated rings. The third-order valence-corrected chi connectivity index (χ3v) is 5.02. The quantitative estimate of drug-likeness (QED) is 0.787. The Labute approximate surface area is 124 Å². The Bertz CT molecular complexity index is 906. The number of carbonyl (C=O) groups excluding carboxylic acids is 1. The first-order valence-electron chi connectivity index (χ1n) is 8.96. The molecule has 102 valence electrons. The number of aromatic hydroxyl groups is 1. The molecule has 2 heteroatoms. The van der Waals surface area contributed by atoms with Crippen LogP contribution in [0, 0.1) is 5.41 Å². The molecule has 1 N–H and O–H groups in total. The molecule has 2 aliphatic rings. The highest BCUT2D eigenvalue weighted by molar-refractivity contribution is 5.92. The maximum absolute atomic E-state index is 12.5. The zero-order valence-electron chi connectivity index (χ0n) is 15.3. The summed E-state index contributed by atoms with van der Waals surface area (Å²) in [6, 6.07) is 5.07. The maximum Gasteiger partial charge on any atom is 0.139 e. The molecule has 2 aromatic rings. The third-order valence-electron chi connectivity index (χ3n) is 5.02. The molecule has 2 atom stereocenters. The maximum atomic E-state index is 12.5. The van der Waals surface area contributed by atoms with Crippen LogP contribution >= 0.6 is 0 Å². The number of hydrogen-bond donors (Lipinski definition) is 1. The van der Waals surface area contributed by atoms with Crippen molar-refractivity contribution in [3.8, 4) is 5.75 Å². The first kappa shape index (κ1) is 8.46. The second kappa shape index (κ2) is 3.85. The third kappa shape index (κ3) is 1.42. The Balaban J connectivity index is 1.98. The van der Waals surface area contributed by atoms with Crippen molar-refractivity contribution < 1.29 is 15.4 Å². The van der Waals surface area contributed by atoms with Crippen LogP contribution in [0.2, 0.25) is 0 Å². The zero-order valence-corrected chi connectivity index (χ0v) is 11.3. The summed E-state index contributed by atoms with van der Waals surface area (Å²) in [5.74, 6) is -0.806. The van der Waals surface area contributed by atoms with Gasteiger partial charge in [0.15, 0.2) is 0 Å². The van der Waals surface area contributed by atoms with E-state index in [0.29, 0.717) is 18.2 Å². The average Bonchev–Trinajstić information content (AvgIpc) is 2.72. The van der Waals surface area contributed by atoms with Crippen LogP contribution in [-0.2, 0) is 11.2 Å². The number of benzene rings is 2. The summed E-state index contributed by atoms with van der Waals surface area (Å²) in [7, 11) is 0. The van der Waals surface area contributed by atoms with Crippen molar-refractivity contribution in [2.24, 2.45) is 5.41 Å². The summed E-state index contributed by atoms with van der Waals surface area (Å²) in [5.41, 5.74) is 1.26. The highest BCUT2D eigenvalue weighted by Crippen LogP contribution is 2.54. The summed E-state index contributed by atoms with van der Waals surface area (Å²) in [6.45, 7) is 1.86. The minimum Gasteiger partial charge on any atom is -0.508 e. The lowest BCUT2D eigenvalue weighted by Gasteiger charge is -2.37. The van der Waals surface area contributed by atoms with Gasteiger partial charge in [0.25, 0.3) is 0 Å². The molecule has 0 spiro atoms. The minimum absolute atomic E-state index is 0.0496. The Morgan fingerprint density at radius 1 is 1.45 bits per heavy atom. The largest absolute Gasteiger partial charge is 0.508 e. The fourth-order valence-corrected chi connectivity index (χ4v) is 3.77. The number of rotatable bonds is 0. The molecular weight excluding hydrogens is 248 g/mol. The van der Waals surface area contributed by atoms with Crippen LogP contribution in [0.15, 0.2) is 30.3 Å². The monoisotopic (exact) mass is 270 g/mol. The van der Waals surface area contributed by atoms with Crippen LogP contribution in [0.4, 0.5) is 0 Å². The average molecular weight is 270 g/mol. The second-order valence-corrected chi connectivity index (χ2v) is 6.04. The Morgan fingerprint density at radius 3 is 3.15 bits per heavy atom. The van der Waals surface area contributed by atoms with Crippen LogP contribution in [0.5, 0.6) is 5.75 Å². The molecule has 0 saturated heterocycles. The second-order valence-electron chi connectivity index (χ2n) is 6.04. The standard InChI is InChI=1S/C18H18O2/c1-18-9-8-14-13-5-3-12(19)10-11(13)2-4-15(14)16(18)6-7-17(18)20/h2-5,10,16,19H,6-9H2,1H3/t16-,18-/m0/s1/i3D,7D2,10D. The molecule has 0 heterocycles. The summed E-state index contributed by atoms with van der Waals surface area (Å²) in [5, 5.41) is 11.2. The van der Waals surface area contributed by atoms with Gasteiger partial charge in [-0.15, -0.1) is 0 Å². The van der Waals surface area contributed by atoms with Crippen molar-refractivity contribution >= 4 is 16.6 Å². The van der Waals surface area contributed by atoms with Gasteiger partial charge in [-0.05, 0) is 59.2 Å². The van der Waals surface area contributed by atoms with Crippen molar-refractivity contribution in [3.05, 3.63) is 41.4 Å². The number of phenolic OH excluding ortho intramolecular Hbond substituents is 1. The summed E-state index contributed by atoms with van der Waals surface area (Å²) >= 11 is 0. The van der Waals surface area contributed by atoms with Crippen LogP contribution in [0.25, 0.3) is 10.8 Å². The van der Waals surface area contributed by atoms with Gasteiger partial charge < -0.3 is 5.11 Å². The minimum atomic E-state index is -1.80. The summed E-state index contributed by atoms with van der Waals surface area (Å²) < 4.78 is 32.0. The molecular formula is C18H18O2. The predicted molar refractivity (Wildman–Crippen MR) is 79.0 cm³/mol. The van der Waals surface area contributed by atoms with Crippen molar-refractivity contribution in [2.45, 2.75) is 38.5 Å². The van der Waals surface area contributed by atoms with Crippen LogP contribution in [-0.4, -0.2) is 10.9 Å². The van der Waals surface area contributed by atoms with Gasteiger partial charge in [0.2, 0.25) is 0 Å². The molecule has 0 unspecified atom stereocenters. The van der Waals surface area contributed by atoms with E-state index < -0.39 is 11.8 Å². The van der Waals surface area contributed by atoms with E-state index in [-0.39, 0.29) is 36.0 Å². The van der Waals surface area contributed by atoms with Gasteiger partial charge in [0.05, 0.1) is 2.74 Å². The topological polar surface area (TPSA) is 37.3 Å². The van der Waals surface area contributed by atoms with E-state index in [9.17, 15) is 9.90 Å². The lowest BCUT2D eigenvalue weighted by Crippen LogP contribution is -2.32. The molecule has 2 aromatic carbocycles. The van der Waals surface area contributed by atoms with Crippen LogP contribution in [0.3, 0.4) is 0 Å². The molecule has 4 rings (SSSR count). The van der Waals surface area contributed by atoms with Gasteiger partial charge in [-0.3, -0.25) is 4.79 Å². The van der Waals surface area contributed by atoms with Crippen molar-refractivity contribution in [1.29, 1.82) is 0 Å². The normalized spacial score (nSPS) is 33.9. The first-order chi connectivity index (χ1) is 11.2. The molecule has 2 nitrogen and oxygen atoms in total. The molecule has 0 aliphatic heterocycles. The van der Waals surface area contributed by atoms with Gasteiger partial charge in [0.1, 0.15) is 11.5 Å². The van der Waals surface area contributed by atoms with Gasteiger partial charge in [-0.1, -0.05) is 25.1 Å². The lowest BCUT2D eigenvalue weighted by molar-refractivity contribution is -0.126. The van der Waals surface area contributed by atoms with E-state index in [1.165, 1.54) is 0 Å². The predicted octanol–water partition coefficient (Wildman–Crippen LogP) is 3.94. The molecule has 0 bridgehead atoms. The molecule has 0 radical (unpaired) electrons. The Hall–Kier alpha value is -1.83. The number of hydrogen-bond acceptors (Lipinski definition) is 2. The van der Waals surface area contributed by atoms with E-state index in [4.69, 9.17) is 5.48 Å². The van der Waals surface area contributed by atoms with Crippen molar-refractivity contribution in [3.63, 3.8) is 0 Å². The molecule has 2 aliphatic carbocycles. The number of aryl methyl sites for hydroxylation is 1. The van der Waals surface area contributed by atoms with Gasteiger partial charge in [-0.25, -0.2) is 0 Å². The zero-order chi connectivity index (χ0) is 17.4.